The summed E-state index contributed by atoms with van der Waals surface area (Å²) in [6.07, 6.45) is 1.64. The lowest BCUT2D eigenvalue weighted by Crippen LogP contribution is -2.50. The van der Waals surface area contributed by atoms with E-state index in [2.05, 4.69) is 15.2 Å². The van der Waals surface area contributed by atoms with Gasteiger partial charge in [0, 0.05) is 31.6 Å². The Labute approximate surface area is 156 Å². The van der Waals surface area contributed by atoms with Gasteiger partial charge < -0.3 is 4.90 Å². The molecule has 0 bridgehead atoms. The molecule has 1 aromatic carbocycles. The van der Waals surface area contributed by atoms with Crippen LogP contribution in [-0.4, -0.2) is 64.9 Å². The summed E-state index contributed by atoms with van der Waals surface area (Å²) in [5, 5.41) is 7.48. The smallest absolute Gasteiger partial charge is 0.272 e. The molecule has 1 fully saturated rings. The normalized spacial score (nSPS) is 16.0. The van der Waals surface area contributed by atoms with E-state index in [9.17, 15) is 13.2 Å². The van der Waals surface area contributed by atoms with Crippen LogP contribution < -0.4 is 0 Å². The van der Waals surface area contributed by atoms with Crippen molar-refractivity contribution in [2.75, 3.05) is 26.2 Å². The fourth-order valence-corrected chi connectivity index (χ4v) is 4.52. The highest BCUT2D eigenvalue weighted by Crippen LogP contribution is 2.19. The second-order valence-electron chi connectivity index (χ2n) is 6.51. The number of hydrogen-bond donors (Lipinski definition) is 1. The lowest BCUT2D eigenvalue weighted by molar-refractivity contribution is 0.0692. The molecule has 0 unspecified atom stereocenters. The lowest BCUT2D eigenvalue weighted by atomic mass is 10.2. The molecule has 4 rings (SSSR count). The van der Waals surface area contributed by atoms with Crippen LogP contribution in [0.3, 0.4) is 0 Å². The van der Waals surface area contributed by atoms with Crippen LogP contribution in [0.2, 0.25) is 0 Å². The average molecular weight is 385 g/mol. The third-order valence-electron chi connectivity index (χ3n) is 4.70. The fourth-order valence-electron chi connectivity index (χ4n) is 3.10. The molecule has 0 atom stereocenters. The Hall–Kier alpha value is -2.78. The van der Waals surface area contributed by atoms with Crippen LogP contribution in [-0.2, 0) is 10.0 Å². The molecule has 3 aromatic rings. The van der Waals surface area contributed by atoms with E-state index in [0.29, 0.717) is 24.4 Å². The zero-order valence-corrected chi connectivity index (χ0v) is 15.6. The number of aryl methyl sites for hydroxylation is 1. The number of nitrogens with one attached hydrogen (secondary N) is 1. The molecule has 9 heteroatoms. The van der Waals surface area contributed by atoms with Crippen molar-refractivity contribution >= 4 is 27.0 Å². The minimum atomic E-state index is -3.55. The highest BCUT2D eigenvalue weighted by molar-refractivity contribution is 7.89. The fraction of sp³-hybridized carbons (Fsp3) is 0.278. The van der Waals surface area contributed by atoms with Gasteiger partial charge in [-0.3, -0.25) is 9.89 Å². The van der Waals surface area contributed by atoms with Gasteiger partial charge in [-0.15, -0.1) is 0 Å². The molecule has 1 aliphatic heterocycles. The summed E-state index contributed by atoms with van der Waals surface area (Å²) in [4.78, 5) is 18.9. The number of amides is 1. The second-order valence-corrected chi connectivity index (χ2v) is 8.45. The van der Waals surface area contributed by atoms with E-state index in [-0.39, 0.29) is 23.9 Å². The number of hydrogen-bond acceptors (Lipinski definition) is 5. The molecule has 2 aromatic heterocycles. The maximum Gasteiger partial charge on any atom is 0.272 e. The highest BCUT2D eigenvalue weighted by Gasteiger charge is 2.30. The first-order valence-corrected chi connectivity index (χ1v) is 10.1. The summed E-state index contributed by atoms with van der Waals surface area (Å²) in [6.45, 7) is 3.08. The molecule has 0 spiro atoms. The van der Waals surface area contributed by atoms with Crippen LogP contribution >= 0.6 is 0 Å². The Morgan fingerprint density at radius 3 is 2.44 bits per heavy atom. The molecule has 1 saturated heterocycles. The molecule has 140 valence electrons. The predicted molar refractivity (Wildman–Crippen MR) is 99.7 cm³/mol. The molecule has 3 heterocycles. The lowest BCUT2D eigenvalue weighted by Gasteiger charge is -2.33. The number of benzene rings is 1. The van der Waals surface area contributed by atoms with Crippen molar-refractivity contribution in [1.82, 2.24) is 24.4 Å². The van der Waals surface area contributed by atoms with Gasteiger partial charge in [-0.1, -0.05) is 17.7 Å². The van der Waals surface area contributed by atoms with Crippen molar-refractivity contribution in [3.05, 3.63) is 53.9 Å². The molecule has 0 saturated carbocycles. The van der Waals surface area contributed by atoms with Gasteiger partial charge in [0.1, 0.15) is 5.69 Å². The Morgan fingerprint density at radius 2 is 1.74 bits per heavy atom. The quantitative estimate of drug-likeness (QED) is 0.735. The Kier molecular flexibility index (Phi) is 4.40. The van der Waals surface area contributed by atoms with Crippen molar-refractivity contribution < 1.29 is 13.2 Å². The monoisotopic (exact) mass is 385 g/mol. The summed E-state index contributed by atoms with van der Waals surface area (Å²) in [5.74, 6) is -0.209. The van der Waals surface area contributed by atoms with Gasteiger partial charge in [0.2, 0.25) is 10.0 Å². The first-order valence-electron chi connectivity index (χ1n) is 8.61. The number of pyridine rings is 1. The van der Waals surface area contributed by atoms with Gasteiger partial charge in [-0.05, 0) is 31.2 Å². The number of sulfonamides is 1. The predicted octanol–water partition coefficient (Wildman–Crippen LogP) is 1.41. The van der Waals surface area contributed by atoms with Crippen molar-refractivity contribution in [3.8, 4) is 0 Å². The van der Waals surface area contributed by atoms with E-state index in [1.165, 1.54) is 4.31 Å². The summed E-state index contributed by atoms with van der Waals surface area (Å²) in [7, 11) is -3.55. The van der Waals surface area contributed by atoms with E-state index < -0.39 is 10.0 Å². The number of aromatic nitrogens is 3. The number of nitrogens with zero attached hydrogens (tertiary/aromatic N) is 4. The van der Waals surface area contributed by atoms with Gasteiger partial charge in [0.25, 0.3) is 5.91 Å². The van der Waals surface area contributed by atoms with E-state index in [0.717, 1.165) is 10.9 Å². The van der Waals surface area contributed by atoms with Gasteiger partial charge in [0.05, 0.1) is 11.1 Å². The Morgan fingerprint density at radius 1 is 1.04 bits per heavy atom. The molecular weight excluding hydrogens is 366 g/mol. The summed E-state index contributed by atoms with van der Waals surface area (Å²) >= 11 is 0. The maximum atomic E-state index is 12.8. The number of carbonyl (C=O) groups excluding carboxylic acids is 1. The SMILES string of the molecule is Cc1ccc(S(=O)(=O)N2CCN(C(=O)c3ccc4cn[nH]c4n3)CC2)cc1. The van der Waals surface area contributed by atoms with Crippen molar-refractivity contribution in [1.29, 1.82) is 0 Å². The first-order chi connectivity index (χ1) is 12.9. The largest absolute Gasteiger partial charge is 0.335 e. The van der Waals surface area contributed by atoms with Crippen LogP contribution in [0.1, 0.15) is 16.1 Å². The Bertz CT molecular complexity index is 1080. The topological polar surface area (TPSA) is 99.3 Å². The summed E-state index contributed by atoms with van der Waals surface area (Å²) < 4.78 is 26.9. The van der Waals surface area contributed by atoms with E-state index >= 15 is 0 Å². The molecule has 1 N–H and O–H groups in total. The minimum Gasteiger partial charge on any atom is -0.335 e. The number of fused-ring (bicyclic) bond motifs is 1. The van der Waals surface area contributed by atoms with Crippen LogP contribution in [0.25, 0.3) is 11.0 Å². The van der Waals surface area contributed by atoms with Crippen molar-refractivity contribution in [2.24, 2.45) is 0 Å². The van der Waals surface area contributed by atoms with Crippen LogP contribution in [0.5, 0.6) is 0 Å². The molecule has 1 amide bonds. The van der Waals surface area contributed by atoms with E-state index in [1.54, 1.807) is 47.5 Å². The maximum absolute atomic E-state index is 12.8. The number of rotatable bonds is 3. The zero-order chi connectivity index (χ0) is 19.0. The summed E-state index contributed by atoms with van der Waals surface area (Å²) in [6, 6.07) is 10.2. The minimum absolute atomic E-state index is 0.209. The third-order valence-corrected chi connectivity index (χ3v) is 6.62. The Balaban J connectivity index is 1.46. The molecule has 8 nitrogen and oxygen atoms in total. The molecule has 0 radical (unpaired) electrons. The standard InChI is InChI=1S/C18H19N5O3S/c1-13-2-5-15(6-3-13)27(25,26)23-10-8-22(9-11-23)18(24)16-7-4-14-12-19-21-17(14)20-16/h2-7,12H,8-11H2,1H3,(H,19,20,21). The molecule has 1 aliphatic rings. The summed E-state index contributed by atoms with van der Waals surface area (Å²) in [5.41, 5.74) is 1.88. The first kappa shape index (κ1) is 17.6. The van der Waals surface area contributed by atoms with Gasteiger partial charge in [0.15, 0.2) is 5.65 Å². The second kappa shape index (κ2) is 6.75. The third kappa shape index (κ3) is 3.31. The van der Waals surface area contributed by atoms with Gasteiger partial charge in [-0.25, -0.2) is 13.4 Å². The van der Waals surface area contributed by atoms with Crippen LogP contribution in [0.4, 0.5) is 0 Å². The number of piperazine rings is 1. The molecule has 27 heavy (non-hydrogen) atoms. The number of aromatic amines is 1. The number of carbonyl (C=O) groups is 1. The zero-order valence-electron chi connectivity index (χ0n) is 14.8. The van der Waals surface area contributed by atoms with Crippen LogP contribution in [0.15, 0.2) is 47.5 Å². The van der Waals surface area contributed by atoms with Crippen molar-refractivity contribution in [3.63, 3.8) is 0 Å². The van der Waals surface area contributed by atoms with Crippen molar-refractivity contribution in [2.45, 2.75) is 11.8 Å². The molecular formula is C18H19N5O3S. The number of H-pyrrole nitrogens is 1. The van der Waals surface area contributed by atoms with Crippen LogP contribution in [0, 0.1) is 6.92 Å². The van der Waals surface area contributed by atoms with Gasteiger partial charge >= 0.3 is 0 Å². The molecule has 0 aliphatic carbocycles. The average Bonchev–Trinajstić information content (AvgIpc) is 3.15. The van der Waals surface area contributed by atoms with E-state index in [4.69, 9.17) is 0 Å². The van der Waals surface area contributed by atoms with Gasteiger partial charge in [-0.2, -0.15) is 9.40 Å². The van der Waals surface area contributed by atoms with E-state index in [1.807, 2.05) is 6.92 Å². The highest BCUT2D eigenvalue weighted by atomic mass is 32.2.